The lowest BCUT2D eigenvalue weighted by atomic mass is 10.1. The summed E-state index contributed by atoms with van der Waals surface area (Å²) >= 11 is 4.67. The van der Waals surface area contributed by atoms with E-state index in [1.807, 2.05) is 39.8 Å². The number of aliphatic imine (C=N–C) groups is 1. The Balaban J connectivity index is 3.16. The number of azo groups is 1. The minimum atomic E-state index is -0.821. The zero-order valence-corrected chi connectivity index (χ0v) is 11.3. The Kier molecular flexibility index (Phi) is 4.21. The zero-order chi connectivity index (χ0) is 12.9. The molecule has 0 aromatic carbocycles. The number of nitrogens with zero attached hydrogens (tertiary/aromatic N) is 4. The van der Waals surface area contributed by atoms with Crippen LogP contribution in [0.15, 0.2) is 39.7 Å². The highest BCUT2D eigenvalue weighted by Crippen LogP contribution is 2.27. The topological polar surface area (TPSA) is 50.0 Å². The Morgan fingerprint density at radius 3 is 2.18 bits per heavy atom. The van der Waals surface area contributed by atoms with Crippen LogP contribution < -0.4 is 0 Å². The molecular weight excluding hydrogens is 232 g/mol. The van der Waals surface area contributed by atoms with Crippen LogP contribution in [0.2, 0.25) is 0 Å². The van der Waals surface area contributed by atoms with Gasteiger partial charge in [-0.1, -0.05) is 0 Å². The van der Waals surface area contributed by atoms with Crippen LogP contribution >= 0.6 is 12.2 Å². The molecule has 5 heteroatoms. The number of thiocarbonyl (C=S) groups is 1. The van der Waals surface area contributed by atoms with E-state index in [0.717, 1.165) is 5.56 Å². The minimum absolute atomic E-state index is 0.245. The number of rotatable bonds is 3. The van der Waals surface area contributed by atoms with Crippen molar-refractivity contribution >= 4 is 17.4 Å². The van der Waals surface area contributed by atoms with Gasteiger partial charge in [0, 0.05) is 18.0 Å². The quantitative estimate of drug-likeness (QED) is 0.466. The number of aromatic nitrogens is 1. The van der Waals surface area contributed by atoms with Crippen LogP contribution in [0.5, 0.6) is 0 Å². The summed E-state index contributed by atoms with van der Waals surface area (Å²) in [5.41, 5.74) is -0.179. The fourth-order valence-corrected chi connectivity index (χ4v) is 1.33. The summed E-state index contributed by atoms with van der Waals surface area (Å²) in [4.78, 5) is 8.07. The molecule has 0 radical (unpaired) electrons. The van der Waals surface area contributed by atoms with E-state index in [1.54, 1.807) is 12.4 Å². The van der Waals surface area contributed by atoms with Crippen molar-refractivity contribution in [3.8, 4) is 0 Å². The molecule has 0 aliphatic carbocycles. The molecule has 17 heavy (non-hydrogen) atoms. The molecule has 0 bridgehead atoms. The molecular formula is C12H16N4S. The van der Waals surface area contributed by atoms with Gasteiger partial charge in [0.1, 0.15) is 0 Å². The summed E-state index contributed by atoms with van der Waals surface area (Å²) < 4.78 is 0. The van der Waals surface area contributed by atoms with Crippen molar-refractivity contribution in [2.24, 2.45) is 15.2 Å². The summed E-state index contributed by atoms with van der Waals surface area (Å²) in [5.74, 6) is 0. The molecule has 0 saturated carbocycles. The van der Waals surface area contributed by atoms with Crippen molar-refractivity contribution < 1.29 is 0 Å². The number of pyridine rings is 1. The van der Waals surface area contributed by atoms with Crippen LogP contribution in [0, 0.1) is 0 Å². The molecule has 0 amide bonds. The zero-order valence-electron chi connectivity index (χ0n) is 10.5. The molecule has 1 aromatic heterocycles. The highest BCUT2D eigenvalue weighted by Gasteiger charge is 2.26. The first-order chi connectivity index (χ1) is 7.87. The highest BCUT2D eigenvalue weighted by molar-refractivity contribution is 7.78. The highest BCUT2D eigenvalue weighted by atomic mass is 32.1. The van der Waals surface area contributed by atoms with E-state index in [4.69, 9.17) is 0 Å². The minimum Gasteiger partial charge on any atom is -0.265 e. The maximum absolute atomic E-state index is 4.67. The monoisotopic (exact) mass is 248 g/mol. The normalized spacial score (nSPS) is 15.3. The fourth-order valence-electron chi connectivity index (χ4n) is 1.15. The lowest BCUT2D eigenvalue weighted by Gasteiger charge is -2.20. The first-order valence-electron chi connectivity index (χ1n) is 5.31. The summed E-state index contributed by atoms with van der Waals surface area (Å²) in [7, 11) is 0. The summed E-state index contributed by atoms with van der Waals surface area (Å²) in [5, 5.41) is 10.9. The van der Waals surface area contributed by atoms with Crippen molar-refractivity contribution in [1.29, 1.82) is 0 Å². The van der Waals surface area contributed by atoms with E-state index in [-0.39, 0.29) is 5.54 Å². The second-order valence-electron chi connectivity index (χ2n) is 4.83. The van der Waals surface area contributed by atoms with Crippen molar-refractivity contribution in [2.45, 2.75) is 38.9 Å². The maximum atomic E-state index is 4.67. The van der Waals surface area contributed by atoms with Gasteiger partial charge in [0.2, 0.25) is 5.66 Å². The van der Waals surface area contributed by atoms with Gasteiger partial charge in [-0.05, 0) is 52.0 Å². The molecule has 1 rings (SSSR count). The van der Waals surface area contributed by atoms with Crippen molar-refractivity contribution in [3.05, 3.63) is 30.1 Å². The summed E-state index contributed by atoms with van der Waals surface area (Å²) in [6, 6.07) is 3.69. The molecule has 1 unspecified atom stereocenters. The molecule has 0 saturated heterocycles. The molecule has 0 aliphatic heterocycles. The number of hydrogen-bond donors (Lipinski definition) is 0. The Hall–Kier alpha value is -1.45. The summed E-state index contributed by atoms with van der Waals surface area (Å²) in [6.07, 6.45) is 3.39. The van der Waals surface area contributed by atoms with Crippen LogP contribution in [-0.2, 0) is 5.66 Å². The van der Waals surface area contributed by atoms with Gasteiger partial charge in [-0.3, -0.25) is 4.98 Å². The Labute approximate surface area is 107 Å². The Morgan fingerprint density at radius 1 is 1.12 bits per heavy atom. The van der Waals surface area contributed by atoms with Gasteiger partial charge in [-0.2, -0.15) is 15.2 Å². The Morgan fingerprint density at radius 2 is 1.71 bits per heavy atom. The standard InChI is InChI=1S/C12H16N4S/c1-11(2,3)15-16-12(4,14-9-17)10-5-7-13-8-6-10/h5-8H,1-4H3. The van der Waals surface area contributed by atoms with Gasteiger partial charge in [0.25, 0.3) is 0 Å². The van der Waals surface area contributed by atoms with Crippen LogP contribution in [0.1, 0.15) is 33.3 Å². The van der Waals surface area contributed by atoms with E-state index in [0.29, 0.717) is 0 Å². The second-order valence-corrected chi connectivity index (χ2v) is 5.01. The molecule has 1 heterocycles. The van der Waals surface area contributed by atoms with Crippen molar-refractivity contribution in [2.75, 3.05) is 0 Å². The van der Waals surface area contributed by atoms with E-state index in [1.165, 1.54) is 0 Å². The van der Waals surface area contributed by atoms with Crippen LogP contribution in [0.4, 0.5) is 0 Å². The van der Waals surface area contributed by atoms with Gasteiger partial charge in [-0.25, -0.2) is 0 Å². The van der Waals surface area contributed by atoms with Gasteiger partial charge in [0.15, 0.2) is 0 Å². The predicted molar refractivity (Wildman–Crippen MR) is 71.2 cm³/mol. The fraction of sp³-hybridized carbons (Fsp3) is 0.500. The third kappa shape index (κ3) is 4.13. The molecule has 90 valence electrons. The molecule has 0 fully saturated rings. The van der Waals surface area contributed by atoms with Gasteiger partial charge < -0.3 is 0 Å². The average Bonchev–Trinajstić information content (AvgIpc) is 2.27. The lowest BCUT2D eigenvalue weighted by Crippen LogP contribution is -2.18. The van der Waals surface area contributed by atoms with Crippen molar-refractivity contribution in [1.82, 2.24) is 4.98 Å². The van der Waals surface area contributed by atoms with E-state index < -0.39 is 5.66 Å². The van der Waals surface area contributed by atoms with Crippen LogP contribution in [0.3, 0.4) is 0 Å². The lowest BCUT2D eigenvalue weighted by molar-refractivity contribution is 0.439. The van der Waals surface area contributed by atoms with Crippen LogP contribution in [-0.4, -0.2) is 15.7 Å². The molecule has 1 atom stereocenters. The third-order valence-electron chi connectivity index (χ3n) is 2.04. The van der Waals surface area contributed by atoms with Gasteiger partial charge in [0.05, 0.1) is 10.7 Å². The van der Waals surface area contributed by atoms with Crippen LogP contribution in [0.25, 0.3) is 0 Å². The van der Waals surface area contributed by atoms with E-state index in [2.05, 4.69) is 37.6 Å². The van der Waals surface area contributed by atoms with E-state index >= 15 is 0 Å². The van der Waals surface area contributed by atoms with Crippen molar-refractivity contribution in [3.63, 3.8) is 0 Å². The predicted octanol–water partition coefficient (Wildman–Crippen LogP) is 3.61. The van der Waals surface area contributed by atoms with Gasteiger partial charge >= 0.3 is 0 Å². The van der Waals surface area contributed by atoms with Gasteiger partial charge in [-0.15, -0.1) is 0 Å². The molecule has 4 nitrogen and oxygen atoms in total. The Bertz CT molecular complexity index is 443. The SMILES string of the molecule is CC(C)(C)N=NC(C)(N=C=S)c1ccncc1. The molecule has 1 aromatic rings. The number of hydrogen-bond acceptors (Lipinski definition) is 5. The molecule has 0 spiro atoms. The maximum Gasteiger partial charge on any atom is 0.202 e. The third-order valence-corrected chi connectivity index (χ3v) is 2.13. The number of isothiocyanates is 1. The summed E-state index contributed by atoms with van der Waals surface area (Å²) in [6.45, 7) is 7.77. The first kappa shape index (κ1) is 13.6. The smallest absolute Gasteiger partial charge is 0.202 e. The first-order valence-corrected chi connectivity index (χ1v) is 5.72. The second kappa shape index (κ2) is 5.25. The average molecular weight is 248 g/mol. The molecule has 0 N–H and O–H groups in total. The molecule has 0 aliphatic rings. The van der Waals surface area contributed by atoms with E-state index in [9.17, 15) is 0 Å². The largest absolute Gasteiger partial charge is 0.265 e.